The number of benzene rings is 1. The fourth-order valence-electron chi connectivity index (χ4n) is 5.80. The van der Waals surface area contributed by atoms with Gasteiger partial charge in [-0.3, -0.25) is 4.79 Å². The molecule has 0 radical (unpaired) electrons. The van der Waals surface area contributed by atoms with E-state index in [0.717, 1.165) is 61.4 Å². The smallest absolute Gasteiger partial charge is 0.235 e. The van der Waals surface area contributed by atoms with Crippen molar-refractivity contribution >= 4 is 16.9 Å². The highest BCUT2D eigenvalue weighted by atomic mass is 16.2. The molecule has 5 rings (SSSR count). The van der Waals surface area contributed by atoms with Crippen molar-refractivity contribution in [1.82, 2.24) is 19.8 Å². The fraction of sp³-hybridized carbons (Fsp3) is 0.591. The van der Waals surface area contributed by atoms with Crippen molar-refractivity contribution in [2.75, 3.05) is 33.2 Å². The number of nitrogens with zero attached hydrogens (tertiary/aromatic N) is 4. The second kappa shape index (κ2) is 5.28. The molecule has 2 aromatic rings. The summed E-state index contributed by atoms with van der Waals surface area (Å²) in [5.74, 6) is 0.271. The molecule has 3 aliphatic rings. The maximum Gasteiger partial charge on any atom is 0.235 e. The number of rotatable bonds is 1. The molecule has 0 unspecified atom stereocenters. The molecule has 142 valence electrons. The van der Waals surface area contributed by atoms with E-state index in [4.69, 9.17) is 9.97 Å². The summed E-state index contributed by atoms with van der Waals surface area (Å²) in [5, 5.41) is 0. The lowest BCUT2D eigenvalue weighted by Crippen LogP contribution is -2.57. The number of hydrogen-bond acceptors (Lipinski definition) is 4. The summed E-state index contributed by atoms with van der Waals surface area (Å²) in [4.78, 5) is 28.5. The van der Waals surface area contributed by atoms with Crippen LogP contribution in [0.1, 0.15) is 45.0 Å². The third-order valence-electron chi connectivity index (χ3n) is 8.10. The minimum absolute atomic E-state index is 0.110. The molecule has 0 spiro atoms. The molecule has 1 aromatic carbocycles. The van der Waals surface area contributed by atoms with Crippen molar-refractivity contribution in [2.45, 2.75) is 44.4 Å². The maximum absolute atomic E-state index is 14.0. The molecular weight excluding hydrogens is 336 g/mol. The molecule has 2 heterocycles. The van der Waals surface area contributed by atoms with Crippen LogP contribution in [0.2, 0.25) is 0 Å². The van der Waals surface area contributed by atoms with E-state index in [-0.39, 0.29) is 16.7 Å². The fourth-order valence-corrected chi connectivity index (χ4v) is 5.80. The van der Waals surface area contributed by atoms with E-state index in [1.165, 1.54) is 0 Å². The molecule has 1 aromatic heterocycles. The van der Waals surface area contributed by atoms with Crippen molar-refractivity contribution in [1.29, 1.82) is 0 Å². The van der Waals surface area contributed by atoms with Gasteiger partial charge in [0, 0.05) is 31.6 Å². The molecule has 1 saturated heterocycles. The van der Waals surface area contributed by atoms with Gasteiger partial charge in [-0.2, -0.15) is 0 Å². The van der Waals surface area contributed by atoms with E-state index in [2.05, 4.69) is 37.6 Å². The summed E-state index contributed by atoms with van der Waals surface area (Å²) in [6.45, 7) is 10.3. The van der Waals surface area contributed by atoms with Crippen LogP contribution in [0, 0.1) is 5.41 Å². The Bertz CT molecular complexity index is 946. The summed E-state index contributed by atoms with van der Waals surface area (Å²) in [6.07, 6.45) is 1.88. The minimum atomic E-state index is -0.552. The van der Waals surface area contributed by atoms with Crippen LogP contribution in [0.4, 0.5) is 0 Å². The third-order valence-corrected chi connectivity index (χ3v) is 8.10. The maximum atomic E-state index is 14.0. The van der Waals surface area contributed by atoms with E-state index < -0.39 is 5.41 Å². The van der Waals surface area contributed by atoms with Gasteiger partial charge >= 0.3 is 0 Å². The van der Waals surface area contributed by atoms with Crippen LogP contribution in [0.25, 0.3) is 11.0 Å². The molecule has 2 fully saturated rings. The number of aromatic nitrogens is 2. The van der Waals surface area contributed by atoms with Crippen LogP contribution in [-0.4, -0.2) is 58.9 Å². The Labute approximate surface area is 160 Å². The summed E-state index contributed by atoms with van der Waals surface area (Å²) < 4.78 is 0. The molecular formula is C22H28N4O. The largest absolute Gasteiger partial charge is 0.339 e. The molecule has 1 aliphatic heterocycles. The molecule has 5 nitrogen and oxygen atoms in total. The Hall–Kier alpha value is -2.01. The second-order valence-electron chi connectivity index (χ2n) is 9.37. The molecule has 2 aliphatic carbocycles. The summed E-state index contributed by atoms with van der Waals surface area (Å²) in [6, 6.07) is 8.05. The van der Waals surface area contributed by atoms with Crippen LogP contribution >= 0.6 is 0 Å². The number of likely N-dealkylation sites (N-methyl/N-ethyl adjacent to an activating group) is 1. The van der Waals surface area contributed by atoms with Gasteiger partial charge in [0.25, 0.3) is 0 Å². The van der Waals surface area contributed by atoms with E-state index >= 15 is 0 Å². The lowest BCUT2D eigenvalue weighted by atomic mass is 9.63. The highest BCUT2D eigenvalue weighted by Crippen LogP contribution is 2.70. The zero-order valence-corrected chi connectivity index (χ0v) is 16.7. The molecule has 5 heteroatoms. The van der Waals surface area contributed by atoms with Gasteiger partial charge in [0.1, 0.15) is 0 Å². The van der Waals surface area contributed by atoms with Gasteiger partial charge in [-0.05, 0) is 37.4 Å². The standard InChI is InChI=1S/C22H28N4O/c1-20(2)21(3)9-10-22(20,19(27)26-13-11-25(4)12-14-26)18-17(21)23-15-7-5-6-8-16(15)24-18/h5-8H,9-14H2,1-4H3/t21-,22+/m0/s1. The topological polar surface area (TPSA) is 49.3 Å². The number of piperazine rings is 1. The summed E-state index contributed by atoms with van der Waals surface area (Å²) in [7, 11) is 2.12. The van der Waals surface area contributed by atoms with E-state index in [1.54, 1.807) is 0 Å². The van der Waals surface area contributed by atoms with Gasteiger partial charge in [-0.25, -0.2) is 9.97 Å². The lowest BCUT2D eigenvalue weighted by Gasteiger charge is -2.44. The highest BCUT2D eigenvalue weighted by Gasteiger charge is 2.73. The lowest BCUT2D eigenvalue weighted by molar-refractivity contribution is -0.143. The third kappa shape index (κ3) is 1.91. The Balaban J connectivity index is 1.70. The molecule has 27 heavy (non-hydrogen) atoms. The monoisotopic (exact) mass is 364 g/mol. The average molecular weight is 364 g/mol. The summed E-state index contributed by atoms with van der Waals surface area (Å²) in [5.41, 5.74) is 2.98. The predicted octanol–water partition coefficient (Wildman–Crippen LogP) is 2.73. The Morgan fingerprint density at radius 2 is 1.52 bits per heavy atom. The van der Waals surface area contributed by atoms with Crippen molar-refractivity contribution in [3.05, 3.63) is 35.7 Å². The van der Waals surface area contributed by atoms with Crippen LogP contribution in [-0.2, 0) is 15.6 Å². The Morgan fingerprint density at radius 1 is 0.926 bits per heavy atom. The van der Waals surface area contributed by atoms with Crippen LogP contribution in [0.3, 0.4) is 0 Å². The SMILES string of the molecule is CN1CCN(C(=O)[C@@]23CC[C@@](C)(c4nc5ccccc5nc42)C3(C)C)CC1. The van der Waals surface area contributed by atoms with E-state index in [1.807, 2.05) is 24.3 Å². The second-order valence-corrected chi connectivity index (χ2v) is 9.37. The number of carbonyl (C=O) groups excluding carboxylic acids is 1. The molecule has 0 N–H and O–H groups in total. The summed E-state index contributed by atoms with van der Waals surface area (Å²) >= 11 is 0. The first kappa shape index (κ1) is 17.1. The van der Waals surface area contributed by atoms with E-state index in [0.29, 0.717) is 0 Å². The average Bonchev–Trinajstić information content (AvgIpc) is 2.96. The van der Waals surface area contributed by atoms with Crippen LogP contribution in [0.15, 0.2) is 24.3 Å². The first-order chi connectivity index (χ1) is 12.8. The van der Waals surface area contributed by atoms with Crippen LogP contribution in [0.5, 0.6) is 0 Å². The van der Waals surface area contributed by atoms with Crippen LogP contribution < -0.4 is 0 Å². The number of carbonyl (C=O) groups is 1. The van der Waals surface area contributed by atoms with Crippen molar-refractivity contribution in [3.8, 4) is 0 Å². The minimum Gasteiger partial charge on any atom is -0.339 e. The molecule has 1 amide bonds. The number of amides is 1. The number of hydrogen-bond donors (Lipinski definition) is 0. The normalized spacial score (nSPS) is 32.1. The quantitative estimate of drug-likeness (QED) is 0.781. The van der Waals surface area contributed by atoms with Crippen molar-refractivity contribution in [2.24, 2.45) is 5.41 Å². The number of fused-ring (bicyclic) bond motifs is 6. The zero-order valence-electron chi connectivity index (χ0n) is 16.7. The zero-order chi connectivity index (χ0) is 19.0. The predicted molar refractivity (Wildman–Crippen MR) is 106 cm³/mol. The van der Waals surface area contributed by atoms with Crippen molar-refractivity contribution in [3.63, 3.8) is 0 Å². The van der Waals surface area contributed by atoms with Gasteiger partial charge in [0.05, 0.1) is 27.8 Å². The van der Waals surface area contributed by atoms with Gasteiger partial charge in [-0.1, -0.05) is 32.9 Å². The van der Waals surface area contributed by atoms with Gasteiger partial charge in [-0.15, -0.1) is 0 Å². The van der Waals surface area contributed by atoms with Gasteiger partial charge in [0.15, 0.2) is 0 Å². The first-order valence-electron chi connectivity index (χ1n) is 10.1. The first-order valence-corrected chi connectivity index (χ1v) is 10.1. The molecule has 2 bridgehead atoms. The Kier molecular flexibility index (Phi) is 3.35. The molecule has 1 saturated carbocycles. The molecule has 2 atom stereocenters. The van der Waals surface area contributed by atoms with Gasteiger partial charge < -0.3 is 9.80 Å². The van der Waals surface area contributed by atoms with Gasteiger partial charge in [0.2, 0.25) is 5.91 Å². The highest BCUT2D eigenvalue weighted by molar-refractivity contribution is 5.93. The number of para-hydroxylation sites is 2. The Morgan fingerprint density at radius 3 is 2.15 bits per heavy atom. The van der Waals surface area contributed by atoms with Crippen molar-refractivity contribution < 1.29 is 4.79 Å². The van der Waals surface area contributed by atoms with E-state index in [9.17, 15) is 4.79 Å².